The lowest BCUT2D eigenvalue weighted by Crippen LogP contribution is -2.32. The molecule has 0 atom stereocenters. The van der Waals surface area contributed by atoms with Gasteiger partial charge in [-0.05, 0) is 30.8 Å². The zero-order chi connectivity index (χ0) is 12.3. The fraction of sp³-hybridized carbons (Fsp3) is 0.333. The molecule has 1 amide bonds. The summed E-state index contributed by atoms with van der Waals surface area (Å²) in [5.74, 6) is 0.0674. The summed E-state index contributed by atoms with van der Waals surface area (Å²) in [6, 6.07) is 7.18. The summed E-state index contributed by atoms with van der Waals surface area (Å²) in [5.41, 5.74) is 9.61. The van der Waals surface area contributed by atoms with E-state index in [4.69, 9.17) is 5.73 Å². The van der Waals surface area contributed by atoms with E-state index >= 15 is 0 Å². The minimum absolute atomic E-state index is 0.0216. The zero-order valence-electron chi connectivity index (χ0n) is 9.48. The van der Waals surface area contributed by atoms with Crippen LogP contribution >= 0.6 is 0 Å². The number of hydrogen-bond acceptors (Lipinski definition) is 4. The number of carbonyl (C=O) groups is 2. The van der Waals surface area contributed by atoms with Gasteiger partial charge >= 0.3 is 0 Å². The summed E-state index contributed by atoms with van der Waals surface area (Å²) in [5, 5.41) is 1.78. The first-order valence-corrected chi connectivity index (χ1v) is 5.61. The molecule has 1 aromatic carbocycles. The second kappa shape index (κ2) is 4.97. The Morgan fingerprint density at radius 1 is 1.35 bits per heavy atom. The molecule has 1 aliphatic heterocycles. The van der Waals surface area contributed by atoms with E-state index in [0.717, 1.165) is 5.69 Å². The second-order valence-electron chi connectivity index (χ2n) is 3.95. The Kier molecular flexibility index (Phi) is 3.39. The van der Waals surface area contributed by atoms with Gasteiger partial charge in [-0.2, -0.15) is 0 Å². The number of anilines is 1. The molecule has 0 radical (unpaired) electrons. The predicted octanol–water partition coefficient (Wildman–Crippen LogP) is 0.459. The smallest absolute Gasteiger partial charge is 0.240 e. The molecule has 3 N–H and O–H groups in total. The van der Waals surface area contributed by atoms with Crippen molar-refractivity contribution in [2.24, 2.45) is 5.73 Å². The Bertz CT molecular complexity index is 428. The van der Waals surface area contributed by atoms with Gasteiger partial charge in [-0.1, -0.05) is 0 Å². The molecule has 0 unspecified atom stereocenters. The molecule has 1 saturated heterocycles. The van der Waals surface area contributed by atoms with Crippen molar-refractivity contribution in [3.63, 3.8) is 0 Å². The summed E-state index contributed by atoms with van der Waals surface area (Å²) in [6.45, 7) is 1.03. The van der Waals surface area contributed by atoms with Crippen molar-refractivity contribution in [1.82, 2.24) is 5.43 Å². The van der Waals surface area contributed by atoms with Gasteiger partial charge in [0.05, 0.1) is 5.69 Å². The number of nitrogens with two attached hydrogens (primary N) is 1. The molecule has 2 rings (SSSR count). The van der Waals surface area contributed by atoms with Gasteiger partial charge in [0.1, 0.15) is 0 Å². The van der Waals surface area contributed by atoms with E-state index in [-0.39, 0.29) is 11.7 Å². The molecule has 0 aromatic heterocycles. The third kappa shape index (κ3) is 2.62. The first kappa shape index (κ1) is 11.6. The van der Waals surface area contributed by atoms with Crippen molar-refractivity contribution in [3.8, 4) is 0 Å². The zero-order valence-corrected chi connectivity index (χ0v) is 9.48. The Morgan fingerprint density at radius 2 is 2.06 bits per heavy atom. The van der Waals surface area contributed by atoms with E-state index in [2.05, 4.69) is 5.43 Å². The van der Waals surface area contributed by atoms with Gasteiger partial charge in [-0.3, -0.25) is 20.0 Å². The molecule has 0 saturated carbocycles. The number of nitrogens with zero attached hydrogens (tertiary/aromatic N) is 1. The monoisotopic (exact) mass is 233 g/mol. The lowest BCUT2D eigenvalue weighted by molar-refractivity contribution is -0.119. The number of nitrogens with one attached hydrogen (secondary N) is 1. The average molecular weight is 233 g/mol. The van der Waals surface area contributed by atoms with E-state index < -0.39 is 0 Å². The highest BCUT2D eigenvalue weighted by atomic mass is 16.2. The highest BCUT2D eigenvalue weighted by Gasteiger charge is 2.18. The summed E-state index contributed by atoms with van der Waals surface area (Å²) >= 11 is 0. The maximum absolute atomic E-state index is 11.6. The van der Waals surface area contributed by atoms with Gasteiger partial charge in [0.25, 0.3) is 0 Å². The molecule has 5 heteroatoms. The van der Waals surface area contributed by atoms with E-state index in [9.17, 15) is 9.59 Å². The first-order chi connectivity index (χ1) is 8.20. The Morgan fingerprint density at radius 3 is 2.59 bits per heavy atom. The van der Waals surface area contributed by atoms with Gasteiger partial charge in [0, 0.05) is 24.9 Å². The predicted molar refractivity (Wildman–Crippen MR) is 64.5 cm³/mol. The van der Waals surface area contributed by atoms with Crippen molar-refractivity contribution < 1.29 is 9.59 Å². The van der Waals surface area contributed by atoms with Gasteiger partial charge < -0.3 is 5.73 Å². The third-order valence-corrected chi connectivity index (χ3v) is 2.69. The minimum Gasteiger partial charge on any atom is -0.330 e. The van der Waals surface area contributed by atoms with Gasteiger partial charge in [-0.15, -0.1) is 0 Å². The van der Waals surface area contributed by atoms with Crippen LogP contribution in [0, 0.1) is 0 Å². The quantitative estimate of drug-likeness (QED) is 0.741. The fourth-order valence-corrected chi connectivity index (χ4v) is 1.77. The lowest BCUT2D eigenvalue weighted by atomic mass is 10.1. The van der Waals surface area contributed by atoms with Crippen LogP contribution in [0.4, 0.5) is 5.69 Å². The fourth-order valence-electron chi connectivity index (χ4n) is 1.77. The van der Waals surface area contributed by atoms with E-state index in [1.807, 2.05) is 12.1 Å². The van der Waals surface area contributed by atoms with Crippen LogP contribution in [-0.4, -0.2) is 24.8 Å². The molecule has 1 heterocycles. The highest BCUT2D eigenvalue weighted by Crippen LogP contribution is 2.17. The van der Waals surface area contributed by atoms with Crippen LogP contribution in [0.5, 0.6) is 0 Å². The summed E-state index contributed by atoms with van der Waals surface area (Å²) in [6.07, 6.45) is 0.869. The average Bonchev–Trinajstić information content (AvgIpc) is 2.76. The number of amides is 1. The standard InChI is InChI=1S/C12H15N3O2/c13-7-5-11(16)9-1-3-10(4-2-9)15-8-6-12(17)14-15/h1-4H,5-8,13H2,(H,14,17). The largest absolute Gasteiger partial charge is 0.330 e. The van der Waals surface area contributed by atoms with Gasteiger partial charge in [-0.25, -0.2) is 0 Å². The van der Waals surface area contributed by atoms with Gasteiger partial charge in [0.2, 0.25) is 5.91 Å². The van der Waals surface area contributed by atoms with Crippen LogP contribution in [0.25, 0.3) is 0 Å². The number of benzene rings is 1. The number of hydrazine groups is 1. The number of hydrogen-bond donors (Lipinski definition) is 2. The number of Topliss-reactive ketones (excluding diaryl/α,β-unsaturated/α-hetero) is 1. The minimum atomic E-state index is 0.0216. The number of ketones is 1. The lowest BCUT2D eigenvalue weighted by Gasteiger charge is -2.17. The number of carbonyl (C=O) groups excluding carboxylic acids is 2. The molecule has 0 spiro atoms. The van der Waals surface area contributed by atoms with Crippen molar-refractivity contribution in [3.05, 3.63) is 29.8 Å². The number of rotatable bonds is 4. The molecule has 17 heavy (non-hydrogen) atoms. The summed E-state index contributed by atoms with van der Waals surface area (Å²) in [4.78, 5) is 22.6. The van der Waals surface area contributed by atoms with E-state index in [1.54, 1.807) is 17.1 Å². The molecule has 1 aromatic rings. The molecule has 1 fully saturated rings. The van der Waals surface area contributed by atoms with Crippen molar-refractivity contribution >= 4 is 17.4 Å². The molecule has 5 nitrogen and oxygen atoms in total. The molecule has 1 aliphatic rings. The molecule has 0 bridgehead atoms. The van der Waals surface area contributed by atoms with Crippen LogP contribution in [0.3, 0.4) is 0 Å². The topological polar surface area (TPSA) is 75.4 Å². The van der Waals surface area contributed by atoms with E-state index in [1.165, 1.54) is 0 Å². The van der Waals surface area contributed by atoms with Crippen molar-refractivity contribution in [2.75, 3.05) is 18.1 Å². The van der Waals surface area contributed by atoms with Crippen molar-refractivity contribution in [1.29, 1.82) is 0 Å². The normalized spacial score (nSPS) is 14.9. The Labute approximate surface area is 99.6 Å². The molecule has 90 valence electrons. The second-order valence-corrected chi connectivity index (χ2v) is 3.95. The van der Waals surface area contributed by atoms with Crippen LogP contribution < -0.4 is 16.2 Å². The Hall–Kier alpha value is -1.88. The van der Waals surface area contributed by atoms with E-state index in [0.29, 0.717) is 31.5 Å². The summed E-state index contributed by atoms with van der Waals surface area (Å²) < 4.78 is 0. The maximum Gasteiger partial charge on any atom is 0.240 e. The Balaban J connectivity index is 2.07. The van der Waals surface area contributed by atoms with Crippen LogP contribution in [0.2, 0.25) is 0 Å². The maximum atomic E-state index is 11.6. The first-order valence-electron chi connectivity index (χ1n) is 5.61. The SMILES string of the molecule is NCCC(=O)c1ccc(N2CCC(=O)N2)cc1. The van der Waals surface area contributed by atoms with Crippen LogP contribution in [0.15, 0.2) is 24.3 Å². The van der Waals surface area contributed by atoms with Crippen LogP contribution in [-0.2, 0) is 4.79 Å². The third-order valence-electron chi connectivity index (χ3n) is 2.69. The van der Waals surface area contributed by atoms with Crippen molar-refractivity contribution in [2.45, 2.75) is 12.8 Å². The molecular weight excluding hydrogens is 218 g/mol. The highest BCUT2D eigenvalue weighted by molar-refractivity contribution is 5.96. The van der Waals surface area contributed by atoms with Crippen LogP contribution in [0.1, 0.15) is 23.2 Å². The summed E-state index contributed by atoms with van der Waals surface area (Å²) in [7, 11) is 0. The molecule has 0 aliphatic carbocycles. The van der Waals surface area contributed by atoms with Gasteiger partial charge in [0.15, 0.2) is 5.78 Å². The molecular formula is C12H15N3O2.